The van der Waals surface area contributed by atoms with Gasteiger partial charge in [-0.15, -0.1) is 0 Å². The average molecular weight is 341 g/mol. The molecule has 0 unspecified atom stereocenters. The number of benzene rings is 1. The predicted molar refractivity (Wildman–Crippen MR) is 90.4 cm³/mol. The number of rotatable bonds is 7. The molecule has 6 heteroatoms. The first-order valence-electron chi connectivity index (χ1n) is 8.27. The van der Waals surface area contributed by atoms with Gasteiger partial charge in [-0.2, -0.15) is 0 Å². The predicted octanol–water partition coefficient (Wildman–Crippen LogP) is 3.02. The lowest BCUT2D eigenvalue weighted by Crippen LogP contribution is -2.34. The highest BCUT2D eigenvalue weighted by molar-refractivity contribution is 7.89. The van der Waals surface area contributed by atoms with Gasteiger partial charge in [-0.05, 0) is 43.5 Å². The van der Waals surface area contributed by atoms with E-state index >= 15 is 0 Å². The molecule has 1 aliphatic carbocycles. The maximum Gasteiger partial charge on any atom is 0.240 e. The van der Waals surface area contributed by atoms with E-state index in [1.54, 1.807) is 25.3 Å². The summed E-state index contributed by atoms with van der Waals surface area (Å²) >= 11 is 0. The second kappa shape index (κ2) is 8.66. The van der Waals surface area contributed by atoms with E-state index in [4.69, 9.17) is 9.47 Å². The molecule has 1 aromatic rings. The highest BCUT2D eigenvalue weighted by atomic mass is 32.2. The van der Waals surface area contributed by atoms with Gasteiger partial charge in [0.1, 0.15) is 12.4 Å². The van der Waals surface area contributed by atoms with Gasteiger partial charge in [0.25, 0.3) is 0 Å². The molecule has 0 aliphatic heterocycles. The van der Waals surface area contributed by atoms with Gasteiger partial charge < -0.3 is 9.47 Å². The van der Waals surface area contributed by atoms with Crippen molar-refractivity contribution in [3.63, 3.8) is 0 Å². The van der Waals surface area contributed by atoms with E-state index in [9.17, 15) is 8.42 Å². The summed E-state index contributed by atoms with van der Waals surface area (Å²) in [4.78, 5) is 0.304. The summed E-state index contributed by atoms with van der Waals surface area (Å²) < 4.78 is 38.5. The zero-order valence-corrected chi connectivity index (χ0v) is 14.8. The molecule has 0 atom stereocenters. The molecule has 1 saturated carbocycles. The Morgan fingerprint density at radius 3 is 2.43 bits per heavy atom. The fourth-order valence-electron chi connectivity index (χ4n) is 2.87. The Labute approximate surface area is 139 Å². The Hall–Kier alpha value is -1.11. The summed E-state index contributed by atoms with van der Waals surface area (Å²) in [5.74, 6) is 0.690. The van der Waals surface area contributed by atoms with Gasteiger partial charge in [-0.3, -0.25) is 0 Å². The molecule has 0 saturated heterocycles. The average Bonchev–Trinajstić information content (AvgIpc) is 2.77. The van der Waals surface area contributed by atoms with Gasteiger partial charge in [-0.25, -0.2) is 13.1 Å². The molecule has 23 heavy (non-hydrogen) atoms. The van der Waals surface area contributed by atoms with Gasteiger partial charge in [0.15, 0.2) is 0 Å². The number of hydrogen-bond donors (Lipinski definition) is 1. The molecular weight excluding hydrogens is 314 g/mol. The highest BCUT2D eigenvalue weighted by Crippen LogP contribution is 2.23. The molecule has 0 aromatic heterocycles. The summed E-state index contributed by atoms with van der Waals surface area (Å²) in [7, 11) is -1.85. The standard InChI is InChI=1S/C17H27NO4S/c1-14-13-16(9-10-17(14)22-12-11-21-2)23(19,20)18-15-7-5-3-4-6-8-15/h9-10,13,15,18H,3-8,11-12H2,1-2H3. The molecule has 0 bridgehead atoms. The number of ether oxygens (including phenoxy) is 2. The summed E-state index contributed by atoms with van der Waals surface area (Å²) in [6, 6.07) is 5.04. The molecule has 0 radical (unpaired) electrons. The van der Waals surface area contributed by atoms with Gasteiger partial charge in [0, 0.05) is 13.2 Å². The van der Waals surface area contributed by atoms with Gasteiger partial charge in [0.05, 0.1) is 11.5 Å². The fraction of sp³-hybridized carbons (Fsp3) is 0.647. The lowest BCUT2D eigenvalue weighted by Gasteiger charge is -2.17. The number of nitrogens with one attached hydrogen (secondary N) is 1. The molecule has 0 heterocycles. The first-order chi connectivity index (χ1) is 11.0. The molecule has 2 rings (SSSR count). The smallest absolute Gasteiger partial charge is 0.240 e. The molecular formula is C17H27NO4S. The van der Waals surface area contributed by atoms with Crippen LogP contribution in [-0.2, 0) is 14.8 Å². The lowest BCUT2D eigenvalue weighted by molar-refractivity contribution is 0.146. The van der Waals surface area contributed by atoms with E-state index in [-0.39, 0.29) is 6.04 Å². The normalized spacial score (nSPS) is 17.0. The van der Waals surface area contributed by atoms with Crippen molar-refractivity contribution in [2.75, 3.05) is 20.3 Å². The molecule has 1 N–H and O–H groups in total. The minimum atomic E-state index is -3.47. The van der Waals surface area contributed by atoms with Crippen LogP contribution in [0.25, 0.3) is 0 Å². The summed E-state index contributed by atoms with van der Waals surface area (Å²) in [6.07, 6.45) is 6.44. The molecule has 1 aromatic carbocycles. The SMILES string of the molecule is COCCOc1ccc(S(=O)(=O)NC2CCCCCC2)cc1C. The molecule has 1 fully saturated rings. The minimum Gasteiger partial charge on any atom is -0.491 e. The van der Waals surface area contributed by atoms with Crippen LogP contribution in [0, 0.1) is 6.92 Å². The molecule has 0 amide bonds. The number of methoxy groups -OCH3 is 1. The van der Waals surface area contributed by atoms with Gasteiger partial charge in [-0.1, -0.05) is 25.7 Å². The summed E-state index contributed by atoms with van der Waals surface area (Å²) in [5, 5.41) is 0. The van der Waals surface area contributed by atoms with Crippen LogP contribution in [0.3, 0.4) is 0 Å². The van der Waals surface area contributed by atoms with Crippen LogP contribution in [0.5, 0.6) is 5.75 Å². The summed E-state index contributed by atoms with van der Waals surface area (Å²) in [5.41, 5.74) is 0.810. The largest absolute Gasteiger partial charge is 0.491 e. The van der Waals surface area contributed by atoms with Crippen LogP contribution in [0.1, 0.15) is 44.1 Å². The van der Waals surface area contributed by atoms with Crippen LogP contribution in [0.2, 0.25) is 0 Å². The van der Waals surface area contributed by atoms with Gasteiger partial charge >= 0.3 is 0 Å². The lowest BCUT2D eigenvalue weighted by atomic mass is 10.1. The van der Waals surface area contributed by atoms with E-state index in [1.165, 1.54) is 12.8 Å². The maximum atomic E-state index is 12.6. The van der Waals surface area contributed by atoms with Crippen LogP contribution < -0.4 is 9.46 Å². The van der Waals surface area contributed by atoms with Crippen molar-refractivity contribution < 1.29 is 17.9 Å². The molecule has 130 valence electrons. The fourth-order valence-corrected chi connectivity index (χ4v) is 4.26. The van der Waals surface area contributed by atoms with Crippen molar-refractivity contribution in [1.82, 2.24) is 4.72 Å². The van der Waals surface area contributed by atoms with Crippen LogP contribution >= 0.6 is 0 Å². The zero-order chi connectivity index (χ0) is 16.7. The van der Waals surface area contributed by atoms with E-state index in [2.05, 4.69) is 4.72 Å². The van der Waals surface area contributed by atoms with E-state index in [0.717, 1.165) is 31.2 Å². The van der Waals surface area contributed by atoms with Crippen LogP contribution in [0.15, 0.2) is 23.1 Å². The molecule has 5 nitrogen and oxygen atoms in total. The molecule has 1 aliphatic rings. The van der Waals surface area contributed by atoms with E-state index in [0.29, 0.717) is 23.9 Å². The third kappa shape index (κ3) is 5.48. The highest BCUT2D eigenvalue weighted by Gasteiger charge is 2.21. The second-order valence-electron chi connectivity index (χ2n) is 6.08. The van der Waals surface area contributed by atoms with Crippen molar-refractivity contribution in [2.24, 2.45) is 0 Å². The van der Waals surface area contributed by atoms with Crippen molar-refractivity contribution in [1.29, 1.82) is 0 Å². The van der Waals surface area contributed by atoms with Crippen molar-refractivity contribution in [3.05, 3.63) is 23.8 Å². The second-order valence-corrected chi connectivity index (χ2v) is 7.79. The Morgan fingerprint density at radius 1 is 1.13 bits per heavy atom. The quantitative estimate of drug-likeness (QED) is 0.611. The Kier molecular flexibility index (Phi) is 6.87. The van der Waals surface area contributed by atoms with Gasteiger partial charge in [0.2, 0.25) is 10.0 Å². The summed E-state index contributed by atoms with van der Waals surface area (Å²) in [6.45, 7) is 2.80. The molecule has 0 spiro atoms. The zero-order valence-electron chi connectivity index (χ0n) is 14.0. The Bertz CT molecular complexity index is 593. The third-order valence-electron chi connectivity index (χ3n) is 4.18. The third-order valence-corrected chi connectivity index (χ3v) is 5.70. The Morgan fingerprint density at radius 2 is 1.83 bits per heavy atom. The monoisotopic (exact) mass is 341 g/mol. The van der Waals surface area contributed by atoms with Crippen LogP contribution in [0.4, 0.5) is 0 Å². The first kappa shape index (κ1) is 18.2. The maximum absolute atomic E-state index is 12.6. The number of aryl methyl sites for hydroxylation is 1. The van der Waals surface area contributed by atoms with Crippen LogP contribution in [-0.4, -0.2) is 34.8 Å². The van der Waals surface area contributed by atoms with Crippen molar-refractivity contribution in [3.8, 4) is 5.75 Å². The topological polar surface area (TPSA) is 64.6 Å². The first-order valence-corrected chi connectivity index (χ1v) is 9.76. The van der Waals surface area contributed by atoms with E-state index < -0.39 is 10.0 Å². The van der Waals surface area contributed by atoms with Crippen molar-refractivity contribution in [2.45, 2.75) is 56.4 Å². The Balaban J connectivity index is 2.05. The number of sulfonamides is 1. The minimum absolute atomic E-state index is 0.0560. The van der Waals surface area contributed by atoms with E-state index in [1.807, 2.05) is 6.92 Å². The van der Waals surface area contributed by atoms with Crippen molar-refractivity contribution >= 4 is 10.0 Å². The number of hydrogen-bond acceptors (Lipinski definition) is 4.